The minimum atomic E-state index is 0.378. The summed E-state index contributed by atoms with van der Waals surface area (Å²) in [4.78, 5) is 4.11. The van der Waals surface area contributed by atoms with Gasteiger partial charge in [0.15, 0.2) is 5.69 Å². The lowest BCUT2D eigenvalue weighted by Crippen LogP contribution is -2.01. The lowest BCUT2D eigenvalue weighted by Gasteiger charge is -1.97. The third kappa shape index (κ3) is 1.28. The van der Waals surface area contributed by atoms with Crippen molar-refractivity contribution in [2.45, 2.75) is 13.3 Å². The number of aromatic nitrogens is 4. The number of hydrogen-bond donors (Lipinski definition) is 0. The van der Waals surface area contributed by atoms with Crippen molar-refractivity contribution in [1.29, 1.82) is 5.26 Å². The Kier molecular flexibility index (Phi) is 2.24. The van der Waals surface area contributed by atoms with E-state index in [2.05, 4.69) is 15.3 Å². The fraction of sp³-hybridized carbons (Fsp3) is 0.250. The van der Waals surface area contributed by atoms with Gasteiger partial charge in [0.25, 0.3) is 0 Å². The maximum Gasteiger partial charge on any atom is 0.211 e. The van der Waals surface area contributed by atoms with Crippen LogP contribution in [0.2, 0.25) is 0 Å². The van der Waals surface area contributed by atoms with Gasteiger partial charge in [-0.25, -0.2) is 4.98 Å². The highest BCUT2D eigenvalue weighted by atomic mass is 32.1. The lowest BCUT2D eigenvalue weighted by atomic mass is 10.3. The molecule has 70 valence electrons. The molecular formula is C8H7N5S. The third-order valence-electron chi connectivity index (χ3n) is 1.80. The van der Waals surface area contributed by atoms with Gasteiger partial charge < -0.3 is 0 Å². The standard InChI is InChI=1S/C8H7N5S/c1-2-7-6(5-9)11-12-13(7)8-10-3-4-14-8/h3-4H,2H2,1H3. The van der Waals surface area contributed by atoms with Crippen LogP contribution in [-0.4, -0.2) is 20.0 Å². The summed E-state index contributed by atoms with van der Waals surface area (Å²) < 4.78 is 1.61. The minimum Gasteiger partial charge on any atom is -0.227 e. The first-order chi connectivity index (χ1) is 6.86. The summed E-state index contributed by atoms with van der Waals surface area (Å²) in [6.45, 7) is 1.96. The Labute approximate surface area is 84.6 Å². The van der Waals surface area contributed by atoms with E-state index in [0.717, 1.165) is 17.2 Å². The second-order valence-electron chi connectivity index (χ2n) is 2.58. The monoisotopic (exact) mass is 205 g/mol. The van der Waals surface area contributed by atoms with Gasteiger partial charge in [-0.15, -0.1) is 16.4 Å². The molecule has 0 amide bonds. The molecule has 0 bridgehead atoms. The topological polar surface area (TPSA) is 67.4 Å². The molecule has 14 heavy (non-hydrogen) atoms. The van der Waals surface area contributed by atoms with Gasteiger partial charge in [-0.2, -0.15) is 9.94 Å². The van der Waals surface area contributed by atoms with Crippen LogP contribution in [0, 0.1) is 11.3 Å². The van der Waals surface area contributed by atoms with Crippen LogP contribution in [0.15, 0.2) is 11.6 Å². The molecule has 0 aliphatic heterocycles. The van der Waals surface area contributed by atoms with Crippen LogP contribution >= 0.6 is 11.3 Å². The average molecular weight is 205 g/mol. The molecule has 2 rings (SSSR count). The fourth-order valence-corrected chi connectivity index (χ4v) is 1.79. The van der Waals surface area contributed by atoms with Gasteiger partial charge in [0.1, 0.15) is 6.07 Å². The first-order valence-electron chi connectivity index (χ1n) is 4.11. The molecule has 0 radical (unpaired) electrons. The molecule has 0 unspecified atom stereocenters. The van der Waals surface area contributed by atoms with Crippen molar-refractivity contribution in [2.75, 3.05) is 0 Å². The van der Waals surface area contributed by atoms with E-state index in [1.807, 2.05) is 18.4 Å². The van der Waals surface area contributed by atoms with Gasteiger partial charge in [0, 0.05) is 11.6 Å². The highest BCUT2D eigenvalue weighted by Gasteiger charge is 2.12. The zero-order chi connectivity index (χ0) is 9.97. The molecule has 2 aromatic heterocycles. The Balaban J connectivity index is 2.55. The van der Waals surface area contributed by atoms with Crippen LogP contribution in [0.1, 0.15) is 18.3 Å². The molecule has 0 saturated carbocycles. The molecule has 2 heterocycles. The molecule has 6 heteroatoms. The molecule has 0 spiro atoms. The highest BCUT2D eigenvalue weighted by molar-refractivity contribution is 7.12. The van der Waals surface area contributed by atoms with Crippen molar-refractivity contribution in [2.24, 2.45) is 0 Å². The summed E-state index contributed by atoms with van der Waals surface area (Å²) >= 11 is 1.47. The number of thiazole rings is 1. The first kappa shape index (κ1) is 8.84. The molecule has 0 aromatic carbocycles. The zero-order valence-corrected chi connectivity index (χ0v) is 8.32. The maximum atomic E-state index is 8.78. The highest BCUT2D eigenvalue weighted by Crippen LogP contribution is 2.14. The lowest BCUT2D eigenvalue weighted by molar-refractivity contribution is 0.761. The van der Waals surface area contributed by atoms with E-state index >= 15 is 0 Å². The van der Waals surface area contributed by atoms with E-state index in [1.54, 1.807) is 10.9 Å². The molecule has 0 N–H and O–H groups in total. The smallest absolute Gasteiger partial charge is 0.211 e. The van der Waals surface area contributed by atoms with Crippen LogP contribution in [0.4, 0.5) is 0 Å². The second-order valence-corrected chi connectivity index (χ2v) is 3.45. The molecule has 5 nitrogen and oxygen atoms in total. The fourth-order valence-electron chi connectivity index (χ4n) is 1.18. The Morgan fingerprint density at radius 2 is 2.50 bits per heavy atom. The predicted molar refractivity (Wildman–Crippen MR) is 51.1 cm³/mol. The van der Waals surface area contributed by atoms with Gasteiger partial charge in [0.05, 0.1) is 5.69 Å². The predicted octanol–water partition coefficient (Wildman–Crippen LogP) is 1.16. The van der Waals surface area contributed by atoms with E-state index in [4.69, 9.17) is 5.26 Å². The summed E-state index contributed by atoms with van der Waals surface area (Å²) in [6.07, 6.45) is 2.42. The van der Waals surface area contributed by atoms with Crippen molar-refractivity contribution in [3.63, 3.8) is 0 Å². The van der Waals surface area contributed by atoms with Crippen LogP contribution in [0.5, 0.6) is 0 Å². The van der Waals surface area contributed by atoms with E-state index < -0.39 is 0 Å². The van der Waals surface area contributed by atoms with Crippen LogP contribution in [0.3, 0.4) is 0 Å². The molecule has 0 fully saturated rings. The van der Waals surface area contributed by atoms with Gasteiger partial charge in [0.2, 0.25) is 5.13 Å². The van der Waals surface area contributed by atoms with Crippen LogP contribution in [0.25, 0.3) is 5.13 Å². The van der Waals surface area contributed by atoms with Crippen molar-refractivity contribution < 1.29 is 0 Å². The Morgan fingerprint density at radius 3 is 3.07 bits per heavy atom. The van der Waals surface area contributed by atoms with E-state index in [0.29, 0.717) is 5.69 Å². The molecule has 0 aliphatic rings. The molecule has 0 saturated heterocycles. The van der Waals surface area contributed by atoms with Crippen molar-refractivity contribution in [3.05, 3.63) is 23.0 Å². The minimum absolute atomic E-state index is 0.378. The summed E-state index contributed by atoms with van der Waals surface area (Å²) in [6, 6.07) is 2.01. The van der Waals surface area contributed by atoms with Crippen molar-refractivity contribution in [3.8, 4) is 11.2 Å². The first-order valence-corrected chi connectivity index (χ1v) is 4.99. The Morgan fingerprint density at radius 1 is 1.64 bits per heavy atom. The molecule has 0 atom stereocenters. The second kappa shape index (κ2) is 3.55. The summed E-state index contributed by atoms with van der Waals surface area (Å²) in [5.41, 5.74) is 1.19. The van der Waals surface area contributed by atoms with E-state index in [1.165, 1.54) is 11.3 Å². The quantitative estimate of drug-likeness (QED) is 0.737. The van der Waals surface area contributed by atoms with Crippen molar-refractivity contribution in [1.82, 2.24) is 20.0 Å². The van der Waals surface area contributed by atoms with Crippen LogP contribution < -0.4 is 0 Å². The number of nitriles is 1. The van der Waals surface area contributed by atoms with Crippen LogP contribution in [-0.2, 0) is 6.42 Å². The summed E-state index contributed by atoms with van der Waals surface area (Å²) in [5.74, 6) is 0. The van der Waals surface area contributed by atoms with E-state index in [9.17, 15) is 0 Å². The molecule has 0 aliphatic carbocycles. The van der Waals surface area contributed by atoms with Gasteiger partial charge in [-0.05, 0) is 6.42 Å². The summed E-state index contributed by atoms with van der Waals surface area (Å²) in [7, 11) is 0. The third-order valence-corrected chi connectivity index (χ3v) is 2.55. The average Bonchev–Trinajstić information content (AvgIpc) is 2.85. The SMILES string of the molecule is CCc1c(C#N)nnn1-c1nccs1. The number of hydrogen-bond acceptors (Lipinski definition) is 5. The van der Waals surface area contributed by atoms with Crippen molar-refractivity contribution >= 4 is 11.3 Å². The number of nitrogens with zero attached hydrogens (tertiary/aromatic N) is 5. The summed E-state index contributed by atoms with van der Waals surface area (Å²) in [5, 5.41) is 19.1. The number of rotatable bonds is 2. The van der Waals surface area contributed by atoms with Gasteiger partial charge in [-0.3, -0.25) is 0 Å². The zero-order valence-electron chi connectivity index (χ0n) is 7.51. The Bertz CT molecular complexity index is 464. The normalized spacial score (nSPS) is 10.0. The maximum absolute atomic E-state index is 8.78. The van der Waals surface area contributed by atoms with E-state index in [-0.39, 0.29) is 0 Å². The largest absolute Gasteiger partial charge is 0.227 e. The Hall–Kier alpha value is -1.74. The van der Waals surface area contributed by atoms with Gasteiger partial charge >= 0.3 is 0 Å². The van der Waals surface area contributed by atoms with Gasteiger partial charge in [-0.1, -0.05) is 12.1 Å². The molecular weight excluding hydrogens is 198 g/mol. The molecule has 2 aromatic rings.